The van der Waals surface area contributed by atoms with E-state index in [1.807, 2.05) is 0 Å². The van der Waals surface area contributed by atoms with E-state index in [9.17, 15) is 24.4 Å². The zero-order valence-electron chi connectivity index (χ0n) is 29.4. The number of aliphatic hydroxyl groups is 2. The van der Waals surface area contributed by atoms with E-state index in [1.165, 1.54) is 24.9 Å². The maximum atomic E-state index is 14.7. The van der Waals surface area contributed by atoms with Crippen LogP contribution < -0.4 is 20.6 Å². The summed E-state index contributed by atoms with van der Waals surface area (Å²) in [4.78, 5) is 39.2. The van der Waals surface area contributed by atoms with Gasteiger partial charge in [0.05, 0.1) is 20.0 Å². The maximum Gasteiger partial charge on any atom is 0.342 e. The fourth-order valence-electron chi connectivity index (χ4n) is 6.98. The molecule has 6 atom stereocenters. The number of benzene rings is 1. The van der Waals surface area contributed by atoms with Gasteiger partial charge in [0.15, 0.2) is 17.4 Å². The molecule has 1 aromatic carbocycles. The molecule has 0 spiro atoms. The molecule has 3 fully saturated rings. The number of esters is 2. The molecule has 2 aliphatic carbocycles. The normalized spacial score (nSPS) is 26.1. The number of methoxy groups -OCH3 is 1. The van der Waals surface area contributed by atoms with Gasteiger partial charge in [-0.1, -0.05) is 43.2 Å². The number of hydrogen-bond acceptors (Lipinski definition) is 14. The van der Waals surface area contributed by atoms with E-state index in [0.29, 0.717) is 5.56 Å². The number of nitrogen functional groups attached to an aromatic ring is 1. The van der Waals surface area contributed by atoms with E-state index < -0.39 is 62.8 Å². The van der Waals surface area contributed by atoms with E-state index in [1.54, 1.807) is 30.3 Å². The molecule has 1 aliphatic heterocycles. The predicted molar refractivity (Wildman–Crippen MR) is 187 cm³/mol. The number of imidazole rings is 1. The van der Waals surface area contributed by atoms with Crippen molar-refractivity contribution < 1.29 is 47.8 Å². The van der Waals surface area contributed by atoms with Gasteiger partial charge in [0.2, 0.25) is 11.8 Å². The summed E-state index contributed by atoms with van der Waals surface area (Å²) in [5.74, 6) is -1.30. The van der Waals surface area contributed by atoms with Crippen molar-refractivity contribution in [1.82, 2.24) is 29.7 Å². The molecule has 52 heavy (non-hydrogen) atoms. The second kappa shape index (κ2) is 16.5. The van der Waals surface area contributed by atoms with Gasteiger partial charge in [0.1, 0.15) is 42.6 Å². The largest absolute Gasteiger partial charge is 0.479 e. The molecule has 0 radical (unpaired) electrons. The van der Waals surface area contributed by atoms with Crippen molar-refractivity contribution in [3.05, 3.63) is 42.2 Å². The molecule has 6 N–H and O–H groups in total. The Morgan fingerprint density at radius 3 is 2.37 bits per heavy atom. The first-order valence-corrected chi connectivity index (χ1v) is 19.4. The van der Waals surface area contributed by atoms with Gasteiger partial charge in [-0.05, 0) is 63.9 Å². The van der Waals surface area contributed by atoms with Crippen LogP contribution in [0.4, 0.5) is 5.95 Å². The van der Waals surface area contributed by atoms with E-state index >= 15 is 0 Å². The number of carbonyl (C=O) groups is 2. The Kier molecular flexibility index (Phi) is 12.1. The van der Waals surface area contributed by atoms with Gasteiger partial charge in [-0.2, -0.15) is 9.97 Å². The highest BCUT2D eigenvalue weighted by molar-refractivity contribution is 7.54. The molecule has 2 saturated carbocycles. The smallest absolute Gasteiger partial charge is 0.342 e. The molecule has 0 amide bonds. The van der Waals surface area contributed by atoms with Gasteiger partial charge < -0.3 is 39.4 Å². The number of ether oxygens (including phenoxy) is 4. The van der Waals surface area contributed by atoms with Crippen LogP contribution in [0.3, 0.4) is 0 Å². The van der Waals surface area contributed by atoms with Crippen molar-refractivity contribution in [2.24, 2.45) is 0 Å². The lowest BCUT2D eigenvalue weighted by atomic mass is 9.96. The van der Waals surface area contributed by atoms with Gasteiger partial charge in [0.25, 0.3) is 0 Å². The standard InChI is InChI=1S/C34H48N7O10P/c1-34(45)28(43)24(51-32(34)41-20-36-27-29(41)38-33(35)39-30(27)47-2)19-48-52(46,37-18-25(42)49-22-14-8-4-9-15-22)40-26(21-12-6-3-7-13-21)31(44)50-23-16-10-5-11-17-23/h3,6-7,12-13,20,22-24,26,28,32,43,45H,4-5,8-11,14-19H2,1-2H3,(H2,35,38,39)(H2,37,40,46). The lowest BCUT2D eigenvalue weighted by Gasteiger charge is -2.29. The summed E-state index contributed by atoms with van der Waals surface area (Å²) < 4.78 is 44.9. The highest BCUT2D eigenvalue weighted by Gasteiger charge is 2.54. The van der Waals surface area contributed by atoms with Crippen LogP contribution in [-0.4, -0.2) is 91.9 Å². The SMILES string of the molecule is COc1nc(N)nc2c1ncn2C1OC(COP(=O)(NCC(=O)OC2CCCCC2)NC(C(=O)OC2CCCCC2)c2ccccc2)C(O)C1(C)O. The Balaban J connectivity index is 1.23. The van der Waals surface area contributed by atoms with Gasteiger partial charge in [-0.3, -0.25) is 13.9 Å². The lowest BCUT2D eigenvalue weighted by Crippen LogP contribution is -2.44. The number of nitrogens with one attached hydrogen (secondary N) is 2. The van der Waals surface area contributed by atoms with Crippen molar-refractivity contribution in [2.75, 3.05) is 26.0 Å². The molecule has 17 nitrogen and oxygen atoms in total. The van der Waals surface area contributed by atoms with Crippen molar-refractivity contribution in [2.45, 2.75) is 113 Å². The van der Waals surface area contributed by atoms with Gasteiger partial charge in [0, 0.05) is 0 Å². The van der Waals surface area contributed by atoms with E-state index in [4.69, 9.17) is 29.2 Å². The molecule has 3 aliphatic rings. The predicted octanol–water partition coefficient (Wildman–Crippen LogP) is 3.22. The van der Waals surface area contributed by atoms with Crippen LogP contribution in [0.15, 0.2) is 36.7 Å². The molecular formula is C34H48N7O10P. The van der Waals surface area contributed by atoms with Gasteiger partial charge in [-0.25, -0.2) is 20.0 Å². The summed E-state index contributed by atoms with van der Waals surface area (Å²) >= 11 is 0. The van der Waals surface area contributed by atoms with Gasteiger partial charge >= 0.3 is 19.6 Å². The summed E-state index contributed by atoms with van der Waals surface area (Å²) in [5.41, 5.74) is 4.83. The molecule has 3 heterocycles. The third kappa shape index (κ3) is 8.73. The number of anilines is 1. The highest BCUT2D eigenvalue weighted by atomic mass is 31.2. The average molecular weight is 746 g/mol. The summed E-state index contributed by atoms with van der Waals surface area (Å²) in [6.45, 7) is 0.313. The minimum absolute atomic E-state index is 0.106. The number of nitrogens with two attached hydrogens (primary N) is 1. The van der Waals surface area contributed by atoms with Crippen LogP contribution in [0.25, 0.3) is 11.2 Å². The zero-order chi connectivity index (χ0) is 36.9. The number of rotatable bonds is 14. The Bertz CT molecular complexity index is 1730. The molecule has 6 rings (SSSR count). The van der Waals surface area contributed by atoms with Crippen molar-refractivity contribution in [3.8, 4) is 5.88 Å². The van der Waals surface area contributed by atoms with Crippen LogP contribution in [0.1, 0.15) is 89.0 Å². The molecule has 3 aromatic rings. The number of fused-ring (bicyclic) bond motifs is 1. The second-order valence-corrected chi connectivity index (χ2v) is 15.7. The summed E-state index contributed by atoms with van der Waals surface area (Å²) in [7, 11) is -2.96. The molecular weight excluding hydrogens is 697 g/mol. The molecule has 6 unspecified atom stereocenters. The minimum atomic E-state index is -4.36. The first-order valence-electron chi connectivity index (χ1n) is 17.8. The van der Waals surface area contributed by atoms with Crippen LogP contribution in [0.5, 0.6) is 5.88 Å². The number of aliphatic hydroxyl groups excluding tert-OH is 1. The number of nitrogens with zero attached hydrogens (tertiary/aromatic N) is 4. The topological polar surface area (TPSA) is 231 Å². The first kappa shape index (κ1) is 38.0. The van der Waals surface area contributed by atoms with Crippen LogP contribution in [0.2, 0.25) is 0 Å². The second-order valence-electron chi connectivity index (χ2n) is 13.7. The highest BCUT2D eigenvalue weighted by Crippen LogP contribution is 2.45. The fraction of sp³-hybridized carbons (Fsp3) is 0.618. The quantitative estimate of drug-likeness (QED) is 0.118. The molecule has 1 saturated heterocycles. The van der Waals surface area contributed by atoms with Crippen LogP contribution in [-0.2, 0) is 32.9 Å². The summed E-state index contributed by atoms with van der Waals surface area (Å²) in [6, 6.07) is 7.37. The zero-order valence-corrected chi connectivity index (χ0v) is 30.3. The van der Waals surface area contributed by atoms with Crippen LogP contribution >= 0.6 is 7.67 Å². The molecule has 2 aromatic heterocycles. The van der Waals surface area contributed by atoms with Crippen molar-refractivity contribution in [1.29, 1.82) is 0 Å². The Labute approximate surface area is 301 Å². The van der Waals surface area contributed by atoms with Crippen molar-refractivity contribution >= 4 is 36.7 Å². The molecule has 284 valence electrons. The van der Waals surface area contributed by atoms with Crippen molar-refractivity contribution in [3.63, 3.8) is 0 Å². The first-order chi connectivity index (χ1) is 25.0. The van der Waals surface area contributed by atoms with E-state index in [2.05, 4.69) is 25.1 Å². The summed E-state index contributed by atoms with van der Waals surface area (Å²) in [6.07, 6.45) is 5.60. The molecule has 18 heteroatoms. The van der Waals surface area contributed by atoms with Gasteiger partial charge in [-0.15, -0.1) is 0 Å². The molecule has 0 bridgehead atoms. The van der Waals surface area contributed by atoms with E-state index in [-0.39, 0.29) is 35.2 Å². The Morgan fingerprint density at radius 1 is 1.06 bits per heavy atom. The number of hydrogen-bond donors (Lipinski definition) is 5. The number of aromatic nitrogens is 4. The average Bonchev–Trinajstić information content (AvgIpc) is 3.66. The fourth-order valence-corrected chi connectivity index (χ4v) is 8.52. The summed E-state index contributed by atoms with van der Waals surface area (Å²) in [5, 5.41) is 28.3. The Hall–Kier alpha value is -3.70. The third-order valence-electron chi connectivity index (χ3n) is 9.81. The Morgan fingerprint density at radius 2 is 1.71 bits per heavy atom. The van der Waals surface area contributed by atoms with Crippen LogP contribution in [0, 0.1) is 0 Å². The third-order valence-corrected chi connectivity index (χ3v) is 11.5. The lowest BCUT2D eigenvalue weighted by molar-refractivity contribution is -0.153. The minimum Gasteiger partial charge on any atom is -0.479 e. The monoisotopic (exact) mass is 745 g/mol. The van der Waals surface area contributed by atoms with E-state index in [0.717, 1.165) is 64.2 Å². The maximum absolute atomic E-state index is 14.7. The number of carbonyl (C=O) groups excluding carboxylic acids is 2.